The Kier molecular flexibility index (Phi) is 7.96. The molecule has 0 amide bonds. The van der Waals surface area contributed by atoms with E-state index >= 15 is 0 Å². The third-order valence-electron chi connectivity index (χ3n) is 2.90. The summed E-state index contributed by atoms with van der Waals surface area (Å²) in [5.74, 6) is 0.602. The smallest absolute Gasteiger partial charge is 0.0652 e. The fourth-order valence-corrected chi connectivity index (χ4v) is 1.63. The Hall–Kier alpha value is -0.790. The normalized spacial score (nSPS) is 13.9. The zero-order valence-electron chi connectivity index (χ0n) is 11.8. The molecule has 0 saturated carbocycles. The third kappa shape index (κ3) is 4.38. The van der Waals surface area contributed by atoms with E-state index in [0.717, 1.165) is 6.42 Å². The average Bonchev–Trinajstić information content (AvgIpc) is 2.80. The Labute approximate surface area is 101 Å². The SMILES string of the molecule is CC.CCCC(C)c1ccn(C(C)CC)n1. The van der Waals surface area contributed by atoms with Crippen LogP contribution >= 0.6 is 0 Å². The van der Waals surface area contributed by atoms with Crippen molar-refractivity contribution < 1.29 is 0 Å². The van der Waals surface area contributed by atoms with Crippen molar-refractivity contribution in [1.82, 2.24) is 9.78 Å². The molecule has 1 aromatic rings. The van der Waals surface area contributed by atoms with Crippen LogP contribution in [0.2, 0.25) is 0 Å². The van der Waals surface area contributed by atoms with E-state index < -0.39 is 0 Å². The summed E-state index contributed by atoms with van der Waals surface area (Å²) >= 11 is 0. The molecule has 0 bridgehead atoms. The Balaban J connectivity index is 0.00000106. The minimum absolute atomic E-state index is 0.526. The highest BCUT2D eigenvalue weighted by Gasteiger charge is 2.09. The number of aromatic nitrogens is 2. The van der Waals surface area contributed by atoms with Gasteiger partial charge in [-0.1, -0.05) is 41.0 Å². The van der Waals surface area contributed by atoms with Crippen LogP contribution in [0.25, 0.3) is 0 Å². The van der Waals surface area contributed by atoms with Crippen LogP contribution < -0.4 is 0 Å². The van der Waals surface area contributed by atoms with E-state index in [2.05, 4.69) is 49.7 Å². The summed E-state index contributed by atoms with van der Waals surface area (Å²) in [6.07, 6.45) is 5.72. The van der Waals surface area contributed by atoms with Crippen LogP contribution in [0.1, 0.15) is 78.5 Å². The van der Waals surface area contributed by atoms with Gasteiger partial charge in [-0.25, -0.2) is 0 Å². The second kappa shape index (κ2) is 8.37. The highest BCUT2D eigenvalue weighted by Crippen LogP contribution is 2.19. The van der Waals surface area contributed by atoms with Gasteiger partial charge in [-0.2, -0.15) is 5.10 Å². The zero-order chi connectivity index (χ0) is 12.6. The van der Waals surface area contributed by atoms with Gasteiger partial charge in [0.05, 0.1) is 5.69 Å². The highest BCUT2D eigenvalue weighted by molar-refractivity contribution is 5.05. The van der Waals surface area contributed by atoms with Gasteiger partial charge >= 0.3 is 0 Å². The summed E-state index contributed by atoms with van der Waals surface area (Å²) in [5.41, 5.74) is 1.24. The molecular formula is C14H28N2. The van der Waals surface area contributed by atoms with E-state index in [9.17, 15) is 0 Å². The maximum atomic E-state index is 4.62. The molecule has 16 heavy (non-hydrogen) atoms. The van der Waals surface area contributed by atoms with E-state index in [4.69, 9.17) is 0 Å². The molecular weight excluding hydrogens is 196 g/mol. The molecule has 0 saturated heterocycles. The molecule has 94 valence electrons. The largest absolute Gasteiger partial charge is 0.270 e. The van der Waals surface area contributed by atoms with Crippen molar-refractivity contribution in [2.24, 2.45) is 0 Å². The lowest BCUT2D eigenvalue weighted by molar-refractivity contribution is 0.468. The second-order valence-electron chi connectivity index (χ2n) is 4.17. The fraction of sp³-hybridized carbons (Fsp3) is 0.786. The van der Waals surface area contributed by atoms with Crippen LogP contribution in [-0.2, 0) is 0 Å². The van der Waals surface area contributed by atoms with Crippen molar-refractivity contribution in [3.8, 4) is 0 Å². The van der Waals surface area contributed by atoms with Gasteiger partial charge in [-0.3, -0.25) is 4.68 Å². The Bertz CT molecular complexity index is 265. The van der Waals surface area contributed by atoms with E-state index in [1.165, 1.54) is 18.5 Å². The molecule has 0 radical (unpaired) electrons. The first-order chi connectivity index (χ1) is 7.69. The third-order valence-corrected chi connectivity index (χ3v) is 2.90. The molecule has 0 spiro atoms. The molecule has 1 heterocycles. The summed E-state index contributed by atoms with van der Waals surface area (Å²) in [5, 5.41) is 4.62. The van der Waals surface area contributed by atoms with E-state index in [-0.39, 0.29) is 0 Å². The lowest BCUT2D eigenvalue weighted by Gasteiger charge is -2.09. The topological polar surface area (TPSA) is 17.8 Å². The monoisotopic (exact) mass is 224 g/mol. The summed E-state index contributed by atoms with van der Waals surface area (Å²) in [4.78, 5) is 0. The number of rotatable bonds is 5. The van der Waals surface area contributed by atoms with Gasteiger partial charge in [0.2, 0.25) is 0 Å². The molecule has 2 atom stereocenters. The van der Waals surface area contributed by atoms with Gasteiger partial charge in [0.15, 0.2) is 0 Å². The van der Waals surface area contributed by atoms with Crippen molar-refractivity contribution >= 4 is 0 Å². The van der Waals surface area contributed by atoms with Gasteiger partial charge in [-0.15, -0.1) is 0 Å². The zero-order valence-corrected chi connectivity index (χ0v) is 11.8. The molecule has 0 aromatic carbocycles. The highest BCUT2D eigenvalue weighted by atomic mass is 15.3. The lowest BCUT2D eigenvalue weighted by atomic mass is 10.0. The standard InChI is InChI=1S/C12H22N2.C2H6/c1-5-7-10(3)12-8-9-14(13-12)11(4)6-2;1-2/h8-11H,5-7H2,1-4H3;1-2H3. The predicted octanol–water partition coefficient (Wildman–Crippen LogP) is 4.78. The number of hydrogen-bond acceptors (Lipinski definition) is 1. The average molecular weight is 224 g/mol. The van der Waals surface area contributed by atoms with Crippen LogP contribution in [-0.4, -0.2) is 9.78 Å². The minimum Gasteiger partial charge on any atom is -0.270 e. The first-order valence-electron chi connectivity index (χ1n) is 6.74. The van der Waals surface area contributed by atoms with Crippen molar-refractivity contribution in [3.63, 3.8) is 0 Å². The van der Waals surface area contributed by atoms with Crippen molar-refractivity contribution in [3.05, 3.63) is 18.0 Å². The second-order valence-corrected chi connectivity index (χ2v) is 4.17. The first kappa shape index (κ1) is 15.2. The van der Waals surface area contributed by atoms with E-state index in [1.807, 2.05) is 13.8 Å². The molecule has 0 fully saturated rings. The predicted molar refractivity (Wildman–Crippen MR) is 71.9 cm³/mol. The molecule has 2 nitrogen and oxygen atoms in total. The molecule has 0 aliphatic heterocycles. The fourth-order valence-electron chi connectivity index (χ4n) is 1.63. The molecule has 0 aliphatic rings. The molecule has 0 aliphatic carbocycles. The van der Waals surface area contributed by atoms with Gasteiger partial charge in [0.1, 0.15) is 0 Å². The number of hydrogen-bond donors (Lipinski definition) is 0. The van der Waals surface area contributed by atoms with Crippen molar-refractivity contribution in [2.45, 2.75) is 72.8 Å². The van der Waals surface area contributed by atoms with Crippen LogP contribution in [0.5, 0.6) is 0 Å². The van der Waals surface area contributed by atoms with Gasteiger partial charge in [-0.05, 0) is 25.8 Å². The summed E-state index contributed by atoms with van der Waals surface area (Å²) in [6, 6.07) is 2.68. The number of nitrogens with zero attached hydrogens (tertiary/aromatic N) is 2. The van der Waals surface area contributed by atoms with Crippen LogP contribution in [0.15, 0.2) is 12.3 Å². The molecule has 1 rings (SSSR count). The summed E-state index contributed by atoms with van der Waals surface area (Å²) < 4.78 is 2.08. The quantitative estimate of drug-likeness (QED) is 0.703. The first-order valence-corrected chi connectivity index (χ1v) is 6.74. The maximum Gasteiger partial charge on any atom is 0.0652 e. The minimum atomic E-state index is 0.526. The Morgan fingerprint density at radius 1 is 1.25 bits per heavy atom. The molecule has 2 unspecified atom stereocenters. The van der Waals surface area contributed by atoms with E-state index in [0.29, 0.717) is 12.0 Å². The van der Waals surface area contributed by atoms with Crippen LogP contribution in [0.3, 0.4) is 0 Å². The van der Waals surface area contributed by atoms with Crippen LogP contribution in [0, 0.1) is 0 Å². The molecule has 0 N–H and O–H groups in total. The van der Waals surface area contributed by atoms with Crippen molar-refractivity contribution in [1.29, 1.82) is 0 Å². The summed E-state index contributed by atoms with van der Waals surface area (Å²) in [6.45, 7) is 12.9. The van der Waals surface area contributed by atoms with Crippen LogP contribution in [0.4, 0.5) is 0 Å². The summed E-state index contributed by atoms with van der Waals surface area (Å²) in [7, 11) is 0. The maximum absolute atomic E-state index is 4.62. The molecule has 2 heteroatoms. The Morgan fingerprint density at radius 2 is 1.88 bits per heavy atom. The lowest BCUT2D eigenvalue weighted by Crippen LogP contribution is -2.05. The van der Waals surface area contributed by atoms with Gasteiger partial charge in [0, 0.05) is 18.2 Å². The van der Waals surface area contributed by atoms with Gasteiger partial charge < -0.3 is 0 Å². The van der Waals surface area contributed by atoms with Gasteiger partial charge in [0.25, 0.3) is 0 Å². The van der Waals surface area contributed by atoms with E-state index in [1.54, 1.807) is 0 Å². The molecule has 1 aromatic heterocycles. The van der Waals surface area contributed by atoms with Crippen molar-refractivity contribution in [2.75, 3.05) is 0 Å². The Morgan fingerprint density at radius 3 is 2.38 bits per heavy atom.